The average Bonchev–Trinajstić information content (AvgIpc) is 2.55. The number of methoxy groups -OCH3 is 1. The van der Waals surface area contributed by atoms with E-state index in [4.69, 9.17) is 4.74 Å². The molecule has 2 amide bonds. The third kappa shape index (κ3) is 4.22. The van der Waals surface area contributed by atoms with E-state index in [9.17, 15) is 14.7 Å². The molecule has 1 unspecified atom stereocenters. The molecule has 1 aromatic rings. The summed E-state index contributed by atoms with van der Waals surface area (Å²) in [5.74, 6) is 0.119. The van der Waals surface area contributed by atoms with E-state index in [2.05, 4.69) is 0 Å². The lowest BCUT2D eigenvalue weighted by Crippen LogP contribution is -2.54. The number of hydrogen-bond acceptors (Lipinski definition) is 4. The van der Waals surface area contributed by atoms with Gasteiger partial charge in [0, 0.05) is 19.6 Å². The van der Waals surface area contributed by atoms with Crippen molar-refractivity contribution >= 4 is 11.8 Å². The van der Waals surface area contributed by atoms with Crippen molar-refractivity contribution in [2.24, 2.45) is 5.92 Å². The number of rotatable bonds is 5. The van der Waals surface area contributed by atoms with Crippen LogP contribution in [0.1, 0.15) is 19.4 Å². The number of carbonyl (C=O) groups excluding carboxylic acids is 2. The quantitative estimate of drug-likeness (QED) is 0.874. The average molecular weight is 320 g/mol. The molecule has 1 N–H and O–H groups in total. The Labute approximate surface area is 136 Å². The Hall–Kier alpha value is -2.08. The van der Waals surface area contributed by atoms with Gasteiger partial charge in [0.1, 0.15) is 11.9 Å². The topological polar surface area (TPSA) is 70.1 Å². The second-order valence-corrected chi connectivity index (χ2v) is 6.12. The maximum absolute atomic E-state index is 12.3. The molecule has 1 aliphatic heterocycles. The summed E-state index contributed by atoms with van der Waals surface area (Å²) in [6, 6.07) is 7.58. The van der Waals surface area contributed by atoms with Gasteiger partial charge >= 0.3 is 0 Å². The van der Waals surface area contributed by atoms with Crippen LogP contribution in [-0.2, 0) is 16.1 Å². The second kappa shape index (κ2) is 7.46. The third-order valence-corrected chi connectivity index (χ3v) is 4.02. The van der Waals surface area contributed by atoms with E-state index < -0.39 is 6.10 Å². The van der Waals surface area contributed by atoms with E-state index in [1.54, 1.807) is 25.9 Å². The molecular formula is C17H24N2O4. The number of amides is 2. The summed E-state index contributed by atoms with van der Waals surface area (Å²) in [5.41, 5.74) is 0.986. The van der Waals surface area contributed by atoms with Crippen molar-refractivity contribution in [1.29, 1.82) is 0 Å². The van der Waals surface area contributed by atoms with E-state index in [0.29, 0.717) is 19.6 Å². The predicted octanol–water partition coefficient (Wildman–Crippen LogP) is 0.883. The molecule has 1 aliphatic rings. The Morgan fingerprint density at radius 2 is 2.09 bits per heavy atom. The standard InChI is InChI=1S/C17H24N2O4/c1-12(2)16(21)17(22)19-8-7-18(15(20)11-19)10-13-5-4-6-14(9-13)23-3/h4-6,9,12,16,21H,7-8,10-11H2,1-3H3. The van der Waals surface area contributed by atoms with Crippen LogP contribution in [-0.4, -0.2) is 59.6 Å². The number of nitrogens with zero attached hydrogens (tertiary/aromatic N) is 2. The highest BCUT2D eigenvalue weighted by atomic mass is 16.5. The normalized spacial score (nSPS) is 16.7. The first-order valence-electron chi connectivity index (χ1n) is 7.80. The summed E-state index contributed by atoms with van der Waals surface area (Å²) in [4.78, 5) is 27.6. The molecular weight excluding hydrogens is 296 g/mol. The maximum Gasteiger partial charge on any atom is 0.252 e. The lowest BCUT2D eigenvalue weighted by molar-refractivity contribution is -0.152. The Morgan fingerprint density at radius 3 is 2.70 bits per heavy atom. The van der Waals surface area contributed by atoms with Gasteiger partial charge in [-0.05, 0) is 23.6 Å². The molecule has 1 atom stereocenters. The molecule has 23 heavy (non-hydrogen) atoms. The van der Waals surface area contributed by atoms with Crippen LogP contribution < -0.4 is 4.74 Å². The van der Waals surface area contributed by atoms with E-state index >= 15 is 0 Å². The first-order chi connectivity index (χ1) is 10.9. The zero-order valence-corrected chi connectivity index (χ0v) is 13.9. The number of aliphatic hydroxyl groups excluding tert-OH is 1. The van der Waals surface area contributed by atoms with E-state index in [1.165, 1.54) is 4.90 Å². The SMILES string of the molecule is COc1cccc(CN2CCN(C(=O)C(O)C(C)C)CC2=O)c1. The van der Waals surface area contributed by atoms with Crippen LogP contribution in [0.5, 0.6) is 5.75 Å². The second-order valence-electron chi connectivity index (χ2n) is 6.12. The fourth-order valence-electron chi connectivity index (χ4n) is 2.53. The molecule has 1 aromatic carbocycles. The molecule has 0 radical (unpaired) electrons. The summed E-state index contributed by atoms with van der Waals surface area (Å²) >= 11 is 0. The summed E-state index contributed by atoms with van der Waals surface area (Å²) in [6.07, 6.45) is -1.05. The van der Waals surface area contributed by atoms with E-state index in [1.807, 2.05) is 24.3 Å². The van der Waals surface area contributed by atoms with E-state index in [0.717, 1.165) is 11.3 Å². The molecule has 6 nitrogen and oxygen atoms in total. The van der Waals surface area contributed by atoms with Gasteiger partial charge in [-0.2, -0.15) is 0 Å². The van der Waals surface area contributed by atoms with Crippen LogP contribution in [0, 0.1) is 5.92 Å². The summed E-state index contributed by atoms with van der Waals surface area (Å²) in [7, 11) is 1.61. The zero-order chi connectivity index (χ0) is 17.0. The Kier molecular flexibility index (Phi) is 5.60. The van der Waals surface area contributed by atoms with Crippen LogP contribution in [0.3, 0.4) is 0 Å². The minimum Gasteiger partial charge on any atom is -0.497 e. The molecule has 126 valence electrons. The van der Waals surface area contributed by atoms with Gasteiger partial charge in [0.2, 0.25) is 5.91 Å². The van der Waals surface area contributed by atoms with Gasteiger partial charge in [0.15, 0.2) is 0 Å². The lowest BCUT2D eigenvalue weighted by atomic mass is 10.1. The van der Waals surface area contributed by atoms with Crippen LogP contribution >= 0.6 is 0 Å². The van der Waals surface area contributed by atoms with Crippen LogP contribution in [0.2, 0.25) is 0 Å². The molecule has 0 aromatic heterocycles. The largest absolute Gasteiger partial charge is 0.497 e. The number of aliphatic hydroxyl groups is 1. The van der Waals surface area contributed by atoms with Crippen molar-refractivity contribution in [2.45, 2.75) is 26.5 Å². The number of carbonyl (C=O) groups is 2. The number of benzene rings is 1. The first kappa shape index (κ1) is 17.3. The summed E-state index contributed by atoms with van der Waals surface area (Å²) in [5, 5.41) is 9.86. The highest BCUT2D eigenvalue weighted by Crippen LogP contribution is 2.16. The zero-order valence-electron chi connectivity index (χ0n) is 13.9. The van der Waals surface area contributed by atoms with Crippen molar-refractivity contribution < 1.29 is 19.4 Å². The molecule has 0 aliphatic carbocycles. The lowest BCUT2D eigenvalue weighted by Gasteiger charge is -2.35. The minimum absolute atomic E-state index is 0.0204. The van der Waals surface area contributed by atoms with Crippen molar-refractivity contribution in [3.8, 4) is 5.75 Å². The summed E-state index contributed by atoms with van der Waals surface area (Å²) < 4.78 is 5.18. The fourth-order valence-corrected chi connectivity index (χ4v) is 2.53. The smallest absolute Gasteiger partial charge is 0.252 e. The van der Waals surface area contributed by atoms with Crippen molar-refractivity contribution in [3.05, 3.63) is 29.8 Å². The minimum atomic E-state index is -1.05. The Bertz CT molecular complexity index is 573. The predicted molar refractivity (Wildman–Crippen MR) is 85.8 cm³/mol. The van der Waals surface area contributed by atoms with Gasteiger partial charge in [-0.25, -0.2) is 0 Å². The monoisotopic (exact) mass is 320 g/mol. The van der Waals surface area contributed by atoms with Gasteiger partial charge in [0.05, 0.1) is 13.7 Å². The highest BCUT2D eigenvalue weighted by Gasteiger charge is 2.31. The number of piperazine rings is 1. The summed E-state index contributed by atoms with van der Waals surface area (Å²) in [6.45, 7) is 4.98. The molecule has 0 bridgehead atoms. The Morgan fingerprint density at radius 1 is 1.35 bits per heavy atom. The molecule has 1 saturated heterocycles. The molecule has 1 heterocycles. The molecule has 0 spiro atoms. The number of hydrogen-bond donors (Lipinski definition) is 1. The number of ether oxygens (including phenoxy) is 1. The van der Waals surface area contributed by atoms with Gasteiger partial charge in [-0.1, -0.05) is 26.0 Å². The third-order valence-electron chi connectivity index (χ3n) is 4.02. The van der Waals surface area contributed by atoms with Crippen molar-refractivity contribution in [1.82, 2.24) is 9.80 Å². The maximum atomic E-state index is 12.3. The fraction of sp³-hybridized carbons (Fsp3) is 0.529. The molecule has 6 heteroatoms. The van der Waals surface area contributed by atoms with Crippen LogP contribution in [0.4, 0.5) is 0 Å². The van der Waals surface area contributed by atoms with Gasteiger partial charge in [-0.3, -0.25) is 9.59 Å². The van der Waals surface area contributed by atoms with Gasteiger partial charge < -0.3 is 19.6 Å². The Balaban J connectivity index is 1.96. The van der Waals surface area contributed by atoms with Crippen molar-refractivity contribution in [3.63, 3.8) is 0 Å². The van der Waals surface area contributed by atoms with Gasteiger partial charge in [0.25, 0.3) is 5.91 Å². The van der Waals surface area contributed by atoms with Crippen LogP contribution in [0.15, 0.2) is 24.3 Å². The highest BCUT2D eigenvalue weighted by molar-refractivity contribution is 5.88. The first-order valence-corrected chi connectivity index (χ1v) is 7.80. The van der Waals surface area contributed by atoms with E-state index in [-0.39, 0.29) is 24.3 Å². The van der Waals surface area contributed by atoms with Crippen molar-refractivity contribution in [2.75, 3.05) is 26.7 Å². The molecule has 1 fully saturated rings. The van der Waals surface area contributed by atoms with Crippen LogP contribution in [0.25, 0.3) is 0 Å². The molecule has 2 rings (SSSR count). The molecule has 0 saturated carbocycles. The van der Waals surface area contributed by atoms with Gasteiger partial charge in [-0.15, -0.1) is 0 Å².